The molecule has 1 aromatic rings. The molecular weight excluding hydrogens is 188 g/mol. The summed E-state index contributed by atoms with van der Waals surface area (Å²) in [6.07, 6.45) is 2.99. The standard InChI is InChI=1S/C10H9ClO2/c1-2-3-9(12)8-6-7(11)4-5-10(8)13/h2-6,13H,1H3. The van der Waals surface area contributed by atoms with Crippen LogP contribution in [-0.2, 0) is 0 Å². The quantitative estimate of drug-likeness (QED) is 0.584. The lowest BCUT2D eigenvalue weighted by molar-refractivity contribution is 0.104. The Labute approximate surface area is 81.5 Å². The zero-order valence-electron chi connectivity index (χ0n) is 7.12. The Morgan fingerprint density at radius 3 is 2.85 bits per heavy atom. The maximum atomic E-state index is 11.3. The number of allylic oxidation sites excluding steroid dienone is 2. The molecule has 0 heterocycles. The zero-order valence-corrected chi connectivity index (χ0v) is 7.88. The molecule has 1 aromatic carbocycles. The fourth-order valence-electron chi connectivity index (χ4n) is 0.947. The molecule has 0 fully saturated rings. The number of benzene rings is 1. The summed E-state index contributed by atoms with van der Waals surface area (Å²) in [4.78, 5) is 11.3. The Morgan fingerprint density at radius 2 is 2.23 bits per heavy atom. The van der Waals surface area contributed by atoms with Crippen LogP contribution in [0.3, 0.4) is 0 Å². The van der Waals surface area contributed by atoms with Crippen molar-refractivity contribution < 1.29 is 9.90 Å². The van der Waals surface area contributed by atoms with E-state index in [0.717, 1.165) is 0 Å². The third kappa shape index (κ3) is 2.33. The van der Waals surface area contributed by atoms with Crippen LogP contribution in [0.15, 0.2) is 30.4 Å². The van der Waals surface area contributed by atoms with E-state index in [1.54, 1.807) is 13.0 Å². The Hall–Kier alpha value is -1.28. The number of carbonyl (C=O) groups excluding carboxylic acids is 1. The van der Waals surface area contributed by atoms with Gasteiger partial charge in [-0.3, -0.25) is 4.79 Å². The van der Waals surface area contributed by atoms with Gasteiger partial charge in [-0.2, -0.15) is 0 Å². The van der Waals surface area contributed by atoms with E-state index in [0.29, 0.717) is 5.02 Å². The van der Waals surface area contributed by atoms with Crippen LogP contribution in [0.5, 0.6) is 5.75 Å². The predicted molar refractivity (Wildman–Crippen MR) is 52.3 cm³/mol. The first kappa shape index (κ1) is 9.81. The van der Waals surface area contributed by atoms with Crippen LogP contribution < -0.4 is 0 Å². The molecule has 1 rings (SSSR count). The molecule has 13 heavy (non-hydrogen) atoms. The molecule has 0 aromatic heterocycles. The maximum Gasteiger partial charge on any atom is 0.189 e. The second-order valence-corrected chi connectivity index (χ2v) is 2.96. The van der Waals surface area contributed by atoms with Gasteiger partial charge < -0.3 is 5.11 Å². The van der Waals surface area contributed by atoms with Crippen molar-refractivity contribution in [3.63, 3.8) is 0 Å². The highest BCUT2D eigenvalue weighted by molar-refractivity contribution is 6.31. The number of hydrogen-bond donors (Lipinski definition) is 1. The minimum Gasteiger partial charge on any atom is -0.507 e. The summed E-state index contributed by atoms with van der Waals surface area (Å²) in [7, 11) is 0. The molecule has 68 valence electrons. The van der Waals surface area contributed by atoms with Crippen molar-refractivity contribution in [2.24, 2.45) is 0 Å². The lowest BCUT2D eigenvalue weighted by atomic mass is 10.1. The van der Waals surface area contributed by atoms with Crippen LogP contribution in [0.25, 0.3) is 0 Å². The van der Waals surface area contributed by atoms with Gasteiger partial charge >= 0.3 is 0 Å². The SMILES string of the molecule is CC=CC(=O)c1cc(Cl)ccc1O. The number of hydrogen-bond acceptors (Lipinski definition) is 2. The average Bonchev–Trinajstić information content (AvgIpc) is 2.09. The summed E-state index contributed by atoms with van der Waals surface area (Å²) < 4.78 is 0. The second kappa shape index (κ2) is 4.10. The molecule has 0 amide bonds. The number of phenolic OH excluding ortho intramolecular Hbond substituents is 1. The van der Waals surface area contributed by atoms with Gasteiger partial charge in [-0.1, -0.05) is 17.7 Å². The first-order chi connectivity index (χ1) is 6.15. The Morgan fingerprint density at radius 1 is 1.54 bits per heavy atom. The predicted octanol–water partition coefficient (Wildman–Crippen LogP) is 2.80. The lowest BCUT2D eigenvalue weighted by Crippen LogP contribution is -1.94. The van der Waals surface area contributed by atoms with E-state index < -0.39 is 0 Å². The molecular formula is C10H9ClO2. The van der Waals surface area contributed by atoms with Gasteiger partial charge in [-0.05, 0) is 31.2 Å². The largest absolute Gasteiger partial charge is 0.507 e. The van der Waals surface area contributed by atoms with Crippen molar-refractivity contribution in [3.05, 3.63) is 40.9 Å². The van der Waals surface area contributed by atoms with Crippen LogP contribution in [0.1, 0.15) is 17.3 Å². The minimum atomic E-state index is -0.248. The number of halogens is 1. The van der Waals surface area contributed by atoms with Crippen LogP contribution in [0.2, 0.25) is 5.02 Å². The number of carbonyl (C=O) groups is 1. The van der Waals surface area contributed by atoms with Crippen molar-refractivity contribution in [2.45, 2.75) is 6.92 Å². The van der Waals surface area contributed by atoms with Gasteiger partial charge in [0.1, 0.15) is 5.75 Å². The Bertz CT molecular complexity index is 356. The van der Waals surface area contributed by atoms with Gasteiger partial charge in [-0.15, -0.1) is 0 Å². The second-order valence-electron chi connectivity index (χ2n) is 2.53. The summed E-state index contributed by atoms with van der Waals surface area (Å²) in [5.41, 5.74) is 0.227. The molecule has 0 bridgehead atoms. The van der Waals surface area contributed by atoms with E-state index in [9.17, 15) is 9.90 Å². The summed E-state index contributed by atoms with van der Waals surface area (Å²) in [6.45, 7) is 1.74. The van der Waals surface area contributed by atoms with Crippen LogP contribution in [0.4, 0.5) is 0 Å². The fraction of sp³-hybridized carbons (Fsp3) is 0.100. The van der Waals surface area contributed by atoms with Crippen LogP contribution in [0, 0.1) is 0 Å². The molecule has 0 aliphatic rings. The summed E-state index contributed by atoms with van der Waals surface area (Å²) in [6, 6.07) is 4.38. The van der Waals surface area contributed by atoms with Crippen molar-refractivity contribution in [1.82, 2.24) is 0 Å². The normalized spacial score (nSPS) is 10.6. The monoisotopic (exact) mass is 196 g/mol. The fourth-order valence-corrected chi connectivity index (χ4v) is 1.12. The highest BCUT2D eigenvalue weighted by Crippen LogP contribution is 2.21. The van der Waals surface area contributed by atoms with Gasteiger partial charge in [0, 0.05) is 5.02 Å². The number of rotatable bonds is 2. The van der Waals surface area contributed by atoms with Crippen molar-refractivity contribution in [2.75, 3.05) is 0 Å². The summed E-state index contributed by atoms with van der Waals surface area (Å²) >= 11 is 5.67. The minimum absolute atomic E-state index is 0.0486. The lowest BCUT2D eigenvalue weighted by Gasteiger charge is -2.00. The topological polar surface area (TPSA) is 37.3 Å². The molecule has 0 saturated heterocycles. The first-order valence-corrected chi connectivity index (χ1v) is 4.18. The van der Waals surface area contributed by atoms with E-state index in [4.69, 9.17) is 11.6 Å². The third-order valence-corrected chi connectivity index (χ3v) is 1.78. The van der Waals surface area contributed by atoms with Crippen molar-refractivity contribution in [3.8, 4) is 5.75 Å². The zero-order chi connectivity index (χ0) is 9.84. The maximum absolute atomic E-state index is 11.3. The molecule has 2 nitrogen and oxygen atoms in total. The number of ketones is 1. The average molecular weight is 197 g/mol. The summed E-state index contributed by atoms with van der Waals surface area (Å²) in [5.74, 6) is -0.296. The molecule has 1 N–H and O–H groups in total. The first-order valence-electron chi connectivity index (χ1n) is 3.80. The van der Waals surface area contributed by atoms with E-state index in [1.807, 2.05) is 0 Å². The smallest absolute Gasteiger partial charge is 0.189 e. The molecule has 0 radical (unpaired) electrons. The van der Waals surface area contributed by atoms with Gasteiger partial charge in [0.15, 0.2) is 5.78 Å². The highest BCUT2D eigenvalue weighted by Gasteiger charge is 2.07. The number of phenols is 1. The van der Waals surface area contributed by atoms with Gasteiger partial charge in [0.05, 0.1) is 5.56 Å². The summed E-state index contributed by atoms with van der Waals surface area (Å²) in [5, 5.41) is 9.75. The van der Waals surface area contributed by atoms with E-state index in [1.165, 1.54) is 24.3 Å². The Kier molecular flexibility index (Phi) is 3.09. The molecule has 0 unspecified atom stereocenters. The van der Waals surface area contributed by atoms with E-state index >= 15 is 0 Å². The Balaban J connectivity index is 3.13. The molecule has 0 aliphatic carbocycles. The van der Waals surface area contributed by atoms with Crippen molar-refractivity contribution in [1.29, 1.82) is 0 Å². The van der Waals surface area contributed by atoms with Gasteiger partial charge in [0.25, 0.3) is 0 Å². The van der Waals surface area contributed by atoms with E-state index in [-0.39, 0.29) is 17.1 Å². The third-order valence-electron chi connectivity index (χ3n) is 1.54. The van der Waals surface area contributed by atoms with E-state index in [2.05, 4.69) is 0 Å². The molecule has 0 aliphatic heterocycles. The molecule has 0 saturated carbocycles. The molecule has 3 heteroatoms. The highest BCUT2D eigenvalue weighted by atomic mass is 35.5. The molecule has 0 spiro atoms. The van der Waals surface area contributed by atoms with Crippen LogP contribution in [-0.4, -0.2) is 10.9 Å². The van der Waals surface area contributed by atoms with Crippen LogP contribution >= 0.6 is 11.6 Å². The van der Waals surface area contributed by atoms with Gasteiger partial charge in [0.2, 0.25) is 0 Å². The van der Waals surface area contributed by atoms with Crippen molar-refractivity contribution >= 4 is 17.4 Å². The number of aromatic hydroxyl groups is 1. The van der Waals surface area contributed by atoms with Gasteiger partial charge in [-0.25, -0.2) is 0 Å². The molecule has 0 atom stereocenters.